The normalized spacial score (nSPS) is 12.7. The van der Waals surface area contributed by atoms with Crippen molar-refractivity contribution in [1.82, 2.24) is 14.9 Å². The van der Waals surface area contributed by atoms with E-state index in [0.717, 1.165) is 4.57 Å². The first-order chi connectivity index (χ1) is 10.1. The van der Waals surface area contributed by atoms with E-state index in [1.807, 2.05) is 0 Å². The van der Waals surface area contributed by atoms with Gasteiger partial charge in [0.2, 0.25) is 5.91 Å². The highest BCUT2D eigenvalue weighted by molar-refractivity contribution is 5.86. The van der Waals surface area contributed by atoms with Crippen LogP contribution in [0, 0.1) is 5.41 Å². The summed E-state index contributed by atoms with van der Waals surface area (Å²) in [4.78, 5) is 48.6. The van der Waals surface area contributed by atoms with Gasteiger partial charge in [0.1, 0.15) is 6.04 Å². The van der Waals surface area contributed by atoms with Crippen molar-refractivity contribution in [2.24, 2.45) is 5.41 Å². The minimum absolute atomic E-state index is 0.264. The fourth-order valence-electron chi connectivity index (χ4n) is 1.70. The summed E-state index contributed by atoms with van der Waals surface area (Å²) in [5.41, 5.74) is -1.59. The van der Waals surface area contributed by atoms with Gasteiger partial charge < -0.3 is 10.4 Å². The molecule has 8 heteroatoms. The first-order valence-corrected chi connectivity index (χ1v) is 6.92. The zero-order chi connectivity index (χ0) is 17.1. The third kappa shape index (κ3) is 4.31. The predicted molar refractivity (Wildman–Crippen MR) is 79.7 cm³/mol. The minimum Gasteiger partial charge on any atom is -0.480 e. The van der Waals surface area contributed by atoms with E-state index < -0.39 is 34.6 Å². The highest BCUT2D eigenvalue weighted by Gasteiger charge is 2.28. The van der Waals surface area contributed by atoms with E-state index in [2.05, 4.69) is 10.3 Å². The van der Waals surface area contributed by atoms with Crippen LogP contribution >= 0.6 is 0 Å². The molecule has 0 fully saturated rings. The fraction of sp³-hybridized carbons (Fsp3) is 0.571. The van der Waals surface area contributed by atoms with E-state index in [0.29, 0.717) is 12.0 Å². The van der Waals surface area contributed by atoms with Crippen molar-refractivity contribution < 1.29 is 14.7 Å². The van der Waals surface area contributed by atoms with Crippen molar-refractivity contribution in [1.29, 1.82) is 0 Å². The molecule has 0 saturated heterocycles. The molecule has 0 aromatic carbocycles. The Bertz CT molecular complexity index is 681. The van der Waals surface area contributed by atoms with Gasteiger partial charge in [0.05, 0.1) is 6.54 Å². The van der Waals surface area contributed by atoms with Crippen molar-refractivity contribution in [2.75, 3.05) is 0 Å². The number of aromatic nitrogens is 2. The molecule has 0 aliphatic rings. The van der Waals surface area contributed by atoms with E-state index in [4.69, 9.17) is 0 Å². The van der Waals surface area contributed by atoms with Crippen LogP contribution in [0.2, 0.25) is 0 Å². The van der Waals surface area contributed by atoms with Crippen molar-refractivity contribution in [3.8, 4) is 0 Å². The van der Waals surface area contributed by atoms with Crippen LogP contribution in [-0.4, -0.2) is 32.6 Å². The van der Waals surface area contributed by atoms with Crippen molar-refractivity contribution >= 4 is 11.9 Å². The van der Waals surface area contributed by atoms with Gasteiger partial charge in [-0.05, 0) is 6.42 Å². The molecule has 0 radical (unpaired) electrons. The quantitative estimate of drug-likeness (QED) is 0.690. The molecule has 122 valence electrons. The number of aryl methyl sites for hydroxylation is 1. The molecule has 8 nitrogen and oxygen atoms in total. The van der Waals surface area contributed by atoms with Gasteiger partial charge in [-0.2, -0.15) is 0 Å². The molecule has 0 spiro atoms. The number of aliphatic carboxylic acids is 1. The Morgan fingerprint density at radius 2 is 1.95 bits per heavy atom. The molecule has 0 aliphatic heterocycles. The molecule has 1 rings (SSSR count). The lowest BCUT2D eigenvalue weighted by atomic mass is 9.95. The monoisotopic (exact) mass is 311 g/mol. The zero-order valence-corrected chi connectivity index (χ0v) is 13.1. The van der Waals surface area contributed by atoms with Gasteiger partial charge in [0.15, 0.2) is 0 Å². The van der Waals surface area contributed by atoms with E-state index >= 15 is 0 Å². The highest BCUT2D eigenvalue weighted by Crippen LogP contribution is 2.13. The maximum Gasteiger partial charge on any atom is 0.328 e. The molecule has 1 amide bonds. The van der Waals surface area contributed by atoms with Crippen LogP contribution in [0.1, 0.15) is 33.3 Å². The molecular formula is C14H21N3O5. The van der Waals surface area contributed by atoms with Crippen molar-refractivity contribution in [3.63, 3.8) is 0 Å². The molecule has 0 bridgehead atoms. The highest BCUT2D eigenvalue weighted by atomic mass is 16.4. The first kappa shape index (κ1) is 17.7. The molecular weight excluding hydrogens is 290 g/mol. The van der Waals surface area contributed by atoms with E-state index in [1.54, 1.807) is 27.7 Å². The molecule has 1 aromatic rings. The van der Waals surface area contributed by atoms with Gasteiger partial charge in [-0.3, -0.25) is 19.1 Å². The number of carboxylic acids is 1. The summed E-state index contributed by atoms with van der Waals surface area (Å²) in [7, 11) is 0. The Labute approximate surface area is 127 Å². The number of nitrogens with zero attached hydrogens (tertiary/aromatic N) is 1. The van der Waals surface area contributed by atoms with Gasteiger partial charge in [-0.1, -0.05) is 27.7 Å². The maximum absolute atomic E-state index is 11.9. The number of aromatic amines is 1. The second-order valence-electron chi connectivity index (χ2n) is 6.03. The number of carbonyl (C=O) groups is 2. The van der Waals surface area contributed by atoms with Crippen LogP contribution in [0.25, 0.3) is 0 Å². The Hall–Kier alpha value is -2.38. The summed E-state index contributed by atoms with van der Waals surface area (Å²) in [5.74, 6) is -1.69. The maximum atomic E-state index is 11.9. The summed E-state index contributed by atoms with van der Waals surface area (Å²) < 4.78 is 1.09. The Kier molecular flexibility index (Phi) is 5.29. The van der Waals surface area contributed by atoms with Gasteiger partial charge in [0, 0.05) is 17.2 Å². The van der Waals surface area contributed by atoms with Gasteiger partial charge >= 0.3 is 11.7 Å². The summed E-state index contributed by atoms with van der Waals surface area (Å²) in [6.45, 7) is 6.45. The smallest absolute Gasteiger partial charge is 0.328 e. The molecule has 22 heavy (non-hydrogen) atoms. The number of H-pyrrole nitrogens is 1. The number of nitrogens with one attached hydrogen (secondary N) is 2. The number of rotatable bonds is 5. The molecule has 3 N–H and O–H groups in total. The number of amides is 1. The summed E-state index contributed by atoms with van der Waals surface area (Å²) >= 11 is 0. The standard InChI is InChI=1S/C14H21N3O5/c1-5-8-6-17(13(22)16-10(8)18)7-9(11(19)20)15-12(21)14(2,3)4/h6,9H,5,7H2,1-4H3,(H,15,21)(H,19,20)(H,16,18,22)/t9-/m0/s1. The van der Waals surface area contributed by atoms with Crippen LogP contribution in [0.3, 0.4) is 0 Å². The zero-order valence-electron chi connectivity index (χ0n) is 13.1. The average molecular weight is 311 g/mol. The number of carbonyl (C=O) groups excluding carboxylic acids is 1. The number of hydrogen-bond donors (Lipinski definition) is 3. The molecule has 0 unspecified atom stereocenters. The van der Waals surface area contributed by atoms with Crippen LogP contribution in [0.4, 0.5) is 0 Å². The summed E-state index contributed by atoms with van der Waals surface area (Å²) in [5, 5.41) is 11.6. The second kappa shape index (κ2) is 6.59. The van der Waals surface area contributed by atoms with Crippen LogP contribution < -0.4 is 16.6 Å². The summed E-state index contributed by atoms with van der Waals surface area (Å²) in [6, 6.07) is -1.26. The van der Waals surface area contributed by atoms with Crippen molar-refractivity contribution in [2.45, 2.75) is 46.7 Å². The molecule has 1 aromatic heterocycles. The van der Waals surface area contributed by atoms with Gasteiger partial charge in [-0.25, -0.2) is 9.59 Å². The molecule has 0 saturated carbocycles. The molecule has 1 atom stereocenters. The minimum atomic E-state index is -1.26. The van der Waals surface area contributed by atoms with Crippen molar-refractivity contribution in [3.05, 3.63) is 32.6 Å². The third-order valence-electron chi connectivity index (χ3n) is 3.13. The lowest BCUT2D eigenvalue weighted by Gasteiger charge is -2.22. The van der Waals surface area contributed by atoms with Crippen LogP contribution in [0.5, 0.6) is 0 Å². The number of hydrogen-bond acceptors (Lipinski definition) is 4. The molecule has 0 aliphatic carbocycles. The van der Waals surface area contributed by atoms with Crippen LogP contribution in [-0.2, 0) is 22.6 Å². The predicted octanol–water partition coefficient (Wildman–Crippen LogP) is -0.285. The molecule has 1 heterocycles. The first-order valence-electron chi connectivity index (χ1n) is 6.92. The Morgan fingerprint density at radius 3 is 2.41 bits per heavy atom. The summed E-state index contributed by atoms with van der Waals surface area (Å²) in [6.07, 6.45) is 1.72. The topological polar surface area (TPSA) is 121 Å². The van der Waals surface area contributed by atoms with E-state index in [9.17, 15) is 24.3 Å². The fourth-order valence-corrected chi connectivity index (χ4v) is 1.70. The average Bonchev–Trinajstić information content (AvgIpc) is 2.39. The van der Waals surface area contributed by atoms with Gasteiger partial charge in [0.25, 0.3) is 5.56 Å². The lowest BCUT2D eigenvalue weighted by molar-refractivity contribution is -0.143. The van der Waals surface area contributed by atoms with Crippen LogP contribution in [0.15, 0.2) is 15.8 Å². The van der Waals surface area contributed by atoms with E-state index in [1.165, 1.54) is 6.20 Å². The van der Waals surface area contributed by atoms with E-state index in [-0.39, 0.29) is 6.54 Å². The number of carboxylic acid groups (broad SMARTS) is 1. The second-order valence-corrected chi connectivity index (χ2v) is 6.03. The third-order valence-corrected chi connectivity index (χ3v) is 3.13. The Balaban J connectivity index is 3.07. The largest absolute Gasteiger partial charge is 0.480 e. The SMILES string of the molecule is CCc1cn(C[C@H](NC(=O)C(C)(C)C)C(=O)O)c(=O)[nH]c1=O. The lowest BCUT2D eigenvalue weighted by Crippen LogP contribution is -2.49. The van der Waals surface area contributed by atoms with Gasteiger partial charge in [-0.15, -0.1) is 0 Å². The Morgan fingerprint density at radius 1 is 1.36 bits per heavy atom.